The maximum absolute atomic E-state index is 12.1. The highest BCUT2D eigenvalue weighted by Gasteiger charge is 2.28. The molecule has 7 heteroatoms. The number of benzene rings is 1. The monoisotopic (exact) mass is 299 g/mol. The van der Waals surface area contributed by atoms with Gasteiger partial charge in [-0.25, -0.2) is 13.2 Å². The smallest absolute Gasteiger partial charge is 0.335 e. The van der Waals surface area contributed by atoms with E-state index < -0.39 is 16.0 Å². The predicted octanol–water partition coefficient (Wildman–Crippen LogP) is 0.719. The first kappa shape index (κ1) is 15.0. The van der Waals surface area contributed by atoms with E-state index in [0.717, 1.165) is 11.1 Å². The van der Waals surface area contributed by atoms with E-state index >= 15 is 0 Å². The molecular formula is C13H17NO5S. The molecule has 6 nitrogen and oxygen atoms in total. The van der Waals surface area contributed by atoms with Crippen LogP contribution in [0, 0.1) is 0 Å². The molecule has 1 N–H and O–H groups in total. The molecule has 0 bridgehead atoms. The Hall–Kier alpha value is -1.44. The van der Waals surface area contributed by atoms with E-state index in [1.54, 1.807) is 18.2 Å². The van der Waals surface area contributed by atoms with Gasteiger partial charge in [0.15, 0.2) is 0 Å². The van der Waals surface area contributed by atoms with Gasteiger partial charge in [0.1, 0.15) is 0 Å². The molecule has 1 aromatic rings. The Labute approximate surface area is 118 Å². The van der Waals surface area contributed by atoms with E-state index in [9.17, 15) is 13.2 Å². The second kappa shape index (κ2) is 5.90. The highest BCUT2D eigenvalue weighted by Crippen LogP contribution is 2.24. The predicted molar refractivity (Wildman–Crippen MR) is 73.2 cm³/mol. The summed E-state index contributed by atoms with van der Waals surface area (Å²) < 4.78 is 30.4. The minimum Gasteiger partial charge on any atom is -0.478 e. The van der Waals surface area contributed by atoms with Crippen LogP contribution in [-0.2, 0) is 27.7 Å². The lowest BCUT2D eigenvalue weighted by Crippen LogP contribution is -2.38. The van der Waals surface area contributed by atoms with Crippen molar-refractivity contribution in [1.29, 1.82) is 0 Å². The Morgan fingerprint density at radius 2 is 2.20 bits per heavy atom. The molecule has 0 atom stereocenters. The lowest BCUT2D eigenvalue weighted by molar-refractivity contribution is 0.0695. The number of nitrogens with zero attached hydrogens (tertiary/aromatic N) is 1. The number of carboxylic acids is 1. The van der Waals surface area contributed by atoms with Crippen LogP contribution in [-0.4, -0.2) is 49.8 Å². The summed E-state index contributed by atoms with van der Waals surface area (Å²) in [5.41, 5.74) is 1.76. The molecule has 1 aliphatic heterocycles. The van der Waals surface area contributed by atoms with E-state index in [1.807, 2.05) is 0 Å². The van der Waals surface area contributed by atoms with Crippen molar-refractivity contribution in [3.8, 4) is 0 Å². The van der Waals surface area contributed by atoms with Gasteiger partial charge in [0, 0.05) is 20.2 Å². The van der Waals surface area contributed by atoms with Gasteiger partial charge in [0.25, 0.3) is 0 Å². The highest BCUT2D eigenvalue weighted by molar-refractivity contribution is 7.89. The van der Waals surface area contributed by atoms with Gasteiger partial charge in [-0.1, -0.05) is 12.1 Å². The molecule has 1 aliphatic rings. The first-order chi connectivity index (χ1) is 9.45. The van der Waals surface area contributed by atoms with E-state index in [2.05, 4.69) is 0 Å². The molecule has 0 aliphatic carbocycles. The van der Waals surface area contributed by atoms with E-state index in [4.69, 9.17) is 9.84 Å². The van der Waals surface area contributed by atoms with Crippen molar-refractivity contribution < 1.29 is 23.1 Å². The first-order valence-electron chi connectivity index (χ1n) is 6.26. The third kappa shape index (κ3) is 3.00. The second-order valence-electron chi connectivity index (χ2n) is 4.64. The number of aromatic carboxylic acids is 1. The Kier molecular flexibility index (Phi) is 4.42. The molecule has 2 rings (SSSR count). The van der Waals surface area contributed by atoms with Crippen molar-refractivity contribution in [2.75, 3.05) is 26.0 Å². The maximum Gasteiger partial charge on any atom is 0.335 e. The summed E-state index contributed by atoms with van der Waals surface area (Å²) in [6.07, 6.45) is 0.421. The van der Waals surface area contributed by atoms with Crippen LogP contribution in [0.2, 0.25) is 0 Å². The summed E-state index contributed by atoms with van der Waals surface area (Å²) in [6, 6.07) is 4.98. The zero-order valence-electron chi connectivity index (χ0n) is 11.2. The SMILES string of the molecule is COCCS(=O)(=O)N1CCc2c(cccc2C(=O)O)C1. The molecule has 0 saturated carbocycles. The third-order valence-corrected chi connectivity index (χ3v) is 5.18. The minimum atomic E-state index is -3.36. The van der Waals surface area contributed by atoms with Crippen molar-refractivity contribution in [3.63, 3.8) is 0 Å². The number of hydrogen-bond donors (Lipinski definition) is 1. The van der Waals surface area contributed by atoms with Crippen molar-refractivity contribution in [2.45, 2.75) is 13.0 Å². The van der Waals surface area contributed by atoms with Crippen LogP contribution in [0.1, 0.15) is 21.5 Å². The number of fused-ring (bicyclic) bond motifs is 1. The van der Waals surface area contributed by atoms with Gasteiger partial charge in [-0.15, -0.1) is 0 Å². The zero-order valence-corrected chi connectivity index (χ0v) is 12.0. The quantitative estimate of drug-likeness (QED) is 0.866. The number of sulfonamides is 1. The Morgan fingerprint density at radius 1 is 1.45 bits per heavy atom. The Balaban J connectivity index is 2.24. The van der Waals surface area contributed by atoms with Crippen LogP contribution in [0.4, 0.5) is 0 Å². The second-order valence-corrected chi connectivity index (χ2v) is 6.73. The van der Waals surface area contributed by atoms with Gasteiger partial charge < -0.3 is 9.84 Å². The van der Waals surface area contributed by atoms with Gasteiger partial charge in [-0.2, -0.15) is 4.31 Å². The molecule has 0 amide bonds. The number of carbonyl (C=O) groups is 1. The topological polar surface area (TPSA) is 83.9 Å². The largest absolute Gasteiger partial charge is 0.478 e. The maximum atomic E-state index is 12.1. The van der Waals surface area contributed by atoms with E-state index in [0.29, 0.717) is 13.0 Å². The fraction of sp³-hybridized carbons (Fsp3) is 0.462. The lowest BCUT2D eigenvalue weighted by Gasteiger charge is -2.28. The van der Waals surface area contributed by atoms with E-state index in [-0.39, 0.29) is 24.5 Å². The van der Waals surface area contributed by atoms with Crippen LogP contribution in [0.15, 0.2) is 18.2 Å². The fourth-order valence-electron chi connectivity index (χ4n) is 2.34. The van der Waals surface area contributed by atoms with Gasteiger partial charge in [0.2, 0.25) is 10.0 Å². The van der Waals surface area contributed by atoms with Crippen LogP contribution in [0.3, 0.4) is 0 Å². The number of rotatable bonds is 5. The molecule has 1 aromatic carbocycles. The summed E-state index contributed by atoms with van der Waals surface area (Å²) in [7, 11) is -1.90. The van der Waals surface area contributed by atoms with Crippen molar-refractivity contribution in [2.24, 2.45) is 0 Å². The van der Waals surface area contributed by atoms with Crippen LogP contribution in [0.5, 0.6) is 0 Å². The standard InChI is InChI=1S/C13H17NO5S/c1-19-7-8-20(17,18)14-6-5-11-10(9-14)3-2-4-12(11)13(15)16/h2-4H,5-9H2,1H3,(H,15,16). The summed E-state index contributed by atoms with van der Waals surface area (Å²) in [5.74, 6) is -1.03. The number of ether oxygens (including phenoxy) is 1. The Bertz CT molecular complexity index is 611. The molecule has 0 unspecified atom stereocenters. The first-order valence-corrected chi connectivity index (χ1v) is 7.87. The molecule has 0 saturated heterocycles. The molecule has 0 aromatic heterocycles. The van der Waals surface area contributed by atoms with Gasteiger partial charge >= 0.3 is 5.97 Å². The highest BCUT2D eigenvalue weighted by atomic mass is 32.2. The fourth-order valence-corrected chi connectivity index (χ4v) is 3.68. The minimum absolute atomic E-state index is 0.0581. The van der Waals surface area contributed by atoms with Crippen LogP contribution in [0.25, 0.3) is 0 Å². The van der Waals surface area contributed by atoms with Gasteiger partial charge in [-0.3, -0.25) is 0 Å². The van der Waals surface area contributed by atoms with E-state index in [1.165, 1.54) is 11.4 Å². The number of hydrogen-bond acceptors (Lipinski definition) is 4. The summed E-state index contributed by atoms with van der Waals surface area (Å²) >= 11 is 0. The summed E-state index contributed by atoms with van der Waals surface area (Å²) in [4.78, 5) is 11.1. The van der Waals surface area contributed by atoms with Crippen molar-refractivity contribution in [1.82, 2.24) is 4.31 Å². The van der Waals surface area contributed by atoms with Crippen LogP contribution < -0.4 is 0 Å². The van der Waals surface area contributed by atoms with Gasteiger partial charge in [0.05, 0.1) is 17.9 Å². The van der Waals surface area contributed by atoms with Gasteiger partial charge in [-0.05, 0) is 23.6 Å². The Morgan fingerprint density at radius 3 is 2.85 bits per heavy atom. The summed E-state index contributed by atoms with van der Waals surface area (Å²) in [6.45, 7) is 0.687. The normalized spacial score (nSPS) is 15.8. The average molecular weight is 299 g/mol. The molecule has 1 heterocycles. The molecule has 0 spiro atoms. The third-order valence-electron chi connectivity index (χ3n) is 3.40. The summed E-state index contributed by atoms with van der Waals surface area (Å²) in [5, 5.41) is 9.13. The molecule has 20 heavy (non-hydrogen) atoms. The molecular weight excluding hydrogens is 282 g/mol. The molecule has 0 fully saturated rings. The van der Waals surface area contributed by atoms with Crippen LogP contribution >= 0.6 is 0 Å². The lowest BCUT2D eigenvalue weighted by atomic mass is 9.95. The van der Waals surface area contributed by atoms with Crippen molar-refractivity contribution >= 4 is 16.0 Å². The molecule has 110 valence electrons. The number of carboxylic acid groups (broad SMARTS) is 1. The average Bonchev–Trinajstić information content (AvgIpc) is 2.43. The zero-order chi connectivity index (χ0) is 14.8. The number of methoxy groups -OCH3 is 1. The van der Waals surface area contributed by atoms with Crippen molar-refractivity contribution in [3.05, 3.63) is 34.9 Å². The molecule has 0 radical (unpaired) electrons.